The molecule has 1 N–H and O–H groups in total. The SMILES string of the molecule is COC(=O)c1ccc(/C=C2\Oc3c(ccc([O-])c3C[NH+]3CCCCC3)C2=O)cc1. The molecule has 0 bridgehead atoms. The molecule has 1 fully saturated rings. The first-order valence-corrected chi connectivity index (χ1v) is 9.86. The number of ether oxygens (including phenoxy) is 2. The van der Waals surface area contributed by atoms with Gasteiger partial charge >= 0.3 is 5.97 Å². The van der Waals surface area contributed by atoms with Gasteiger partial charge in [-0.25, -0.2) is 4.79 Å². The van der Waals surface area contributed by atoms with E-state index in [0.29, 0.717) is 29.0 Å². The molecule has 4 rings (SSSR count). The first-order valence-electron chi connectivity index (χ1n) is 9.86. The Bertz CT molecular complexity index is 972. The Balaban J connectivity index is 1.60. The zero-order valence-corrected chi connectivity index (χ0v) is 16.3. The Morgan fingerprint density at radius 2 is 1.86 bits per heavy atom. The lowest BCUT2D eigenvalue weighted by Crippen LogP contribution is -3.11. The smallest absolute Gasteiger partial charge is 0.337 e. The molecule has 0 spiro atoms. The van der Waals surface area contributed by atoms with Crippen LogP contribution in [0, 0.1) is 0 Å². The van der Waals surface area contributed by atoms with Crippen LogP contribution in [0.4, 0.5) is 0 Å². The Morgan fingerprint density at radius 3 is 2.55 bits per heavy atom. The molecule has 150 valence electrons. The van der Waals surface area contributed by atoms with E-state index in [1.165, 1.54) is 24.5 Å². The highest BCUT2D eigenvalue weighted by Crippen LogP contribution is 2.38. The van der Waals surface area contributed by atoms with Crippen molar-refractivity contribution in [3.8, 4) is 11.5 Å². The van der Waals surface area contributed by atoms with Crippen LogP contribution in [0.5, 0.6) is 11.5 Å². The maximum atomic E-state index is 12.8. The van der Waals surface area contributed by atoms with Crippen LogP contribution in [0.25, 0.3) is 6.08 Å². The Kier molecular flexibility index (Phi) is 5.36. The molecule has 2 aromatic carbocycles. The highest BCUT2D eigenvalue weighted by Gasteiger charge is 2.31. The number of quaternary nitrogens is 1. The van der Waals surface area contributed by atoms with Gasteiger partial charge in [0.2, 0.25) is 5.78 Å². The lowest BCUT2D eigenvalue weighted by molar-refractivity contribution is -0.918. The van der Waals surface area contributed by atoms with Crippen molar-refractivity contribution in [2.45, 2.75) is 25.8 Å². The normalized spacial score (nSPS) is 17.8. The predicted octanol–water partition coefficient (Wildman–Crippen LogP) is 1.73. The van der Waals surface area contributed by atoms with Crippen molar-refractivity contribution in [3.63, 3.8) is 0 Å². The number of Topliss-reactive ketones (excluding diaryl/α,β-unsaturated/α-hetero) is 1. The number of carbonyl (C=O) groups excluding carboxylic acids is 2. The summed E-state index contributed by atoms with van der Waals surface area (Å²) in [5.41, 5.74) is 2.17. The third kappa shape index (κ3) is 3.89. The van der Waals surface area contributed by atoms with Crippen LogP contribution >= 0.6 is 0 Å². The van der Waals surface area contributed by atoms with Crippen LogP contribution in [-0.4, -0.2) is 32.0 Å². The number of fused-ring (bicyclic) bond motifs is 1. The molecular weight excluding hydrogens is 370 g/mol. The molecule has 2 aliphatic rings. The molecule has 2 aromatic rings. The topological polar surface area (TPSA) is 80.1 Å². The summed E-state index contributed by atoms with van der Waals surface area (Å²) in [4.78, 5) is 25.7. The Hall–Kier alpha value is -3.12. The van der Waals surface area contributed by atoms with Crippen molar-refractivity contribution >= 4 is 17.8 Å². The van der Waals surface area contributed by atoms with Crippen molar-refractivity contribution in [1.29, 1.82) is 0 Å². The van der Waals surface area contributed by atoms with Gasteiger partial charge in [0.15, 0.2) is 5.76 Å². The summed E-state index contributed by atoms with van der Waals surface area (Å²) in [6, 6.07) is 9.72. The number of carbonyl (C=O) groups is 2. The lowest BCUT2D eigenvalue weighted by Gasteiger charge is -2.26. The van der Waals surface area contributed by atoms with Gasteiger partial charge in [0.05, 0.1) is 31.3 Å². The zero-order chi connectivity index (χ0) is 20.4. The fraction of sp³-hybridized carbons (Fsp3) is 0.304. The number of piperidine rings is 1. The van der Waals surface area contributed by atoms with Crippen molar-refractivity contribution in [1.82, 2.24) is 0 Å². The minimum atomic E-state index is -0.419. The maximum Gasteiger partial charge on any atom is 0.337 e. The van der Waals surface area contributed by atoms with Crippen LogP contribution < -0.4 is 14.7 Å². The van der Waals surface area contributed by atoms with Crippen LogP contribution in [0.1, 0.15) is 51.1 Å². The number of hydrogen-bond acceptors (Lipinski definition) is 5. The molecular formula is C23H23NO5. The van der Waals surface area contributed by atoms with Crippen molar-refractivity contribution < 1.29 is 29.1 Å². The summed E-state index contributed by atoms with van der Waals surface area (Å²) < 4.78 is 10.6. The van der Waals surface area contributed by atoms with E-state index in [0.717, 1.165) is 31.5 Å². The van der Waals surface area contributed by atoms with E-state index in [4.69, 9.17) is 9.47 Å². The highest BCUT2D eigenvalue weighted by molar-refractivity contribution is 6.15. The molecule has 0 aliphatic carbocycles. The molecule has 29 heavy (non-hydrogen) atoms. The van der Waals surface area contributed by atoms with Crippen molar-refractivity contribution in [3.05, 3.63) is 64.4 Å². The van der Waals surface area contributed by atoms with Crippen LogP contribution in [0.2, 0.25) is 0 Å². The van der Waals surface area contributed by atoms with Gasteiger partial charge in [0, 0.05) is 5.56 Å². The van der Waals surface area contributed by atoms with E-state index in [2.05, 4.69) is 0 Å². The summed E-state index contributed by atoms with van der Waals surface area (Å²) >= 11 is 0. The highest BCUT2D eigenvalue weighted by atomic mass is 16.5. The third-order valence-electron chi connectivity index (χ3n) is 5.51. The van der Waals surface area contributed by atoms with E-state index in [-0.39, 0.29) is 17.3 Å². The molecule has 0 unspecified atom stereocenters. The van der Waals surface area contributed by atoms with Crippen LogP contribution in [-0.2, 0) is 11.3 Å². The van der Waals surface area contributed by atoms with E-state index < -0.39 is 5.97 Å². The van der Waals surface area contributed by atoms with E-state index >= 15 is 0 Å². The van der Waals surface area contributed by atoms with Crippen LogP contribution in [0.15, 0.2) is 42.2 Å². The predicted molar refractivity (Wildman–Crippen MR) is 105 cm³/mol. The number of allylic oxidation sites excluding steroid dienone is 1. The van der Waals surface area contributed by atoms with Gasteiger partial charge in [0.1, 0.15) is 12.3 Å². The van der Waals surface area contributed by atoms with Crippen molar-refractivity contribution in [2.24, 2.45) is 0 Å². The molecule has 2 heterocycles. The fourth-order valence-corrected chi connectivity index (χ4v) is 3.92. The number of methoxy groups -OCH3 is 1. The molecule has 1 saturated heterocycles. The minimum absolute atomic E-state index is 0.0849. The van der Waals surface area contributed by atoms with Gasteiger partial charge in [-0.2, -0.15) is 0 Å². The second-order valence-electron chi connectivity index (χ2n) is 7.46. The molecule has 0 amide bonds. The van der Waals surface area contributed by atoms with Gasteiger partial charge < -0.3 is 19.5 Å². The maximum absolute atomic E-state index is 12.8. The van der Waals surface area contributed by atoms with Gasteiger partial charge in [-0.1, -0.05) is 23.9 Å². The molecule has 6 heteroatoms. The summed E-state index contributed by atoms with van der Waals surface area (Å²) in [7, 11) is 1.33. The van der Waals surface area contributed by atoms with Crippen LogP contribution in [0.3, 0.4) is 0 Å². The quantitative estimate of drug-likeness (QED) is 0.632. The third-order valence-corrected chi connectivity index (χ3v) is 5.51. The first-order chi connectivity index (χ1) is 14.1. The van der Waals surface area contributed by atoms with Gasteiger partial charge in [-0.3, -0.25) is 4.79 Å². The number of ketones is 1. The lowest BCUT2D eigenvalue weighted by atomic mass is 10.0. The Morgan fingerprint density at radius 1 is 1.14 bits per heavy atom. The molecule has 0 aromatic heterocycles. The second kappa shape index (κ2) is 8.09. The molecule has 0 radical (unpaired) electrons. The summed E-state index contributed by atoms with van der Waals surface area (Å²) in [5.74, 6) is -0.146. The minimum Gasteiger partial charge on any atom is -0.872 e. The summed E-state index contributed by atoms with van der Waals surface area (Å²) in [6.45, 7) is 2.65. The monoisotopic (exact) mass is 393 g/mol. The number of esters is 1. The second-order valence-corrected chi connectivity index (χ2v) is 7.46. The number of nitrogens with one attached hydrogen (secondary N) is 1. The number of rotatable bonds is 4. The van der Waals surface area contributed by atoms with E-state index in [1.807, 2.05) is 0 Å². The zero-order valence-electron chi connectivity index (χ0n) is 16.3. The van der Waals surface area contributed by atoms with Gasteiger partial charge in [-0.05, 0) is 49.1 Å². The largest absolute Gasteiger partial charge is 0.872 e. The van der Waals surface area contributed by atoms with E-state index in [9.17, 15) is 14.7 Å². The fourth-order valence-electron chi connectivity index (χ4n) is 3.92. The number of likely N-dealkylation sites (tertiary alicyclic amines) is 1. The average molecular weight is 393 g/mol. The Labute approximate surface area is 169 Å². The average Bonchev–Trinajstić information content (AvgIpc) is 3.06. The van der Waals surface area contributed by atoms with Gasteiger partial charge in [0.25, 0.3) is 0 Å². The summed E-state index contributed by atoms with van der Waals surface area (Å²) in [5, 5.41) is 12.5. The van der Waals surface area contributed by atoms with Gasteiger partial charge in [-0.15, -0.1) is 0 Å². The van der Waals surface area contributed by atoms with Crippen molar-refractivity contribution in [2.75, 3.05) is 20.2 Å². The number of hydrogen-bond donors (Lipinski definition) is 1. The molecule has 2 aliphatic heterocycles. The molecule has 0 saturated carbocycles. The molecule has 6 nitrogen and oxygen atoms in total. The number of benzene rings is 2. The summed E-state index contributed by atoms with van der Waals surface area (Å²) in [6.07, 6.45) is 5.18. The standard InChI is InChI=1S/C23H23NO5/c1-28-23(27)16-7-5-15(6-8-16)13-20-21(26)17-9-10-19(25)18(22(17)29-20)14-24-11-3-2-4-12-24/h5-10,13,25H,2-4,11-12,14H2,1H3/b20-13-. The molecule has 0 atom stereocenters. The first kappa shape index (κ1) is 19.2. The van der Waals surface area contributed by atoms with E-state index in [1.54, 1.807) is 36.4 Å².